The normalized spacial score (nSPS) is 10.1. The fourth-order valence-electron chi connectivity index (χ4n) is 2.70. The van der Waals surface area contributed by atoms with Crippen LogP contribution in [0, 0.1) is 11.3 Å². The number of pyridine rings is 2. The van der Waals surface area contributed by atoms with Crippen molar-refractivity contribution < 1.29 is 9.59 Å². The van der Waals surface area contributed by atoms with Crippen LogP contribution in [-0.2, 0) is 6.42 Å². The zero-order valence-corrected chi connectivity index (χ0v) is 15.9. The maximum atomic E-state index is 12.7. The van der Waals surface area contributed by atoms with E-state index in [4.69, 9.17) is 5.26 Å². The third-order valence-corrected chi connectivity index (χ3v) is 4.32. The fraction of sp³-hybridized carbons (Fsp3) is 0.136. The fourth-order valence-corrected chi connectivity index (χ4v) is 2.70. The monoisotopic (exact) mass is 385 g/mol. The summed E-state index contributed by atoms with van der Waals surface area (Å²) in [5, 5.41) is 11.7. The molecule has 2 heterocycles. The van der Waals surface area contributed by atoms with Crippen LogP contribution in [0.4, 0.5) is 5.69 Å². The van der Waals surface area contributed by atoms with Crippen molar-refractivity contribution in [2.45, 2.75) is 6.42 Å². The Kier molecular flexibility index (Phi) is 6.28. The van der Waals surface area contributed by atoms with Crippen molar-refractivity contribution >= 4 is 17.5 Å². The summed E-state index contributed by atoms with van der Waals surface area (Å²) < 4.78 is 0. The van der Waals surface area contributed by atoms with Crippen molar-refractivity contribution in [3.8, 4) is 6.07 Å². The Morgan fingerprint density at radius 2 is 1.90 bits per heavy atom. The van der Waals surface area contributed by atoms with Crippen LogP contribution >= 0.6 is 0 Å². The van der Waals surface area contributed by atoms with Gasteiger partial charge in [0.05, 0.1) is 11.6 Å². The van der Waals surface area contributed by atoms with Crippen LogP contribution < -0.4 is 5.32 Å². The van der Waals surface area contributed by atoms with Gasteiger partial charge in [-0.1, -0.05) is 6.07 Å². The SMILES string of the molecule is CN(CCc1ccncc1)C(=O)c1cc(C(=O)Nc2cccc(C#N)c2)ccn1. The third kappa shape index (κ3) is 5.23. The van der Waals surface area contributed by atoms with Gasteiger partial charge < -0.3 is 10.2 Å². The van der Waals surface area contributed by atoms with Gasteiger partial charge in [0.1, 0.15) is 5.69 Å². The number of aromatic nitrogens is 2. The molecule has 3 rings (SSSR count). The molecule has 1 aromatic carbocycles. The highest BCUT2D eigenvalue weighted by atomic mass is 16.2. The molecular weight excluding hydrogens is 366 g/mol. The predicted octanol–water partition coefficient (Wildman–Crippen LogP) is 2.92. The summed E-state index contributed by atoms with van der Waals surface area (Å²) in [6, 6.07) is 15.5. The highest BCUT2D eigenvalue weighted by molar-refractivity contribution is 6.05. The standard InChI is InChI=1S/C22H19N5O2/c1-27(12-8-16-5-9-24-10-6-16)22(29)20-14-18(7-11-25-20)21(28)26-19-4-2-3-17(13-19)15-23/h2-7,9-11,13-14H,8,12H2,1H3,(H,26,28). The lowest BCUT2D eigenvalue weighted by Gasteiger charge is -2.17. The molecule has 1 N–H and O–H groups in total. The Bertz CT molecular complexity index is 1060. The molecular formula is C22H19N5O2. The van der Waals surface area contributed by atoms with E-state index in [0.29, 0.717) is 29.8 Å². The Balaban J connectivity index is 1.66. The summed E-state index contributed by atoms with van der Waals surface area (Å²) in [6.07, 6.45) is 5.56. The predicted molar refractivity (Wildman–Crippen MR) is 108 cm³/mol. The van der Waals surface area contributed by atoms with E-state index in [1.807, 2.05) is 18.2 Å². The van der Waals surface area contributed by atoms with Gasteiger partial charge in [-0.05, 0) is 54.4 Å². The molecule has 0 unspecified atom stereocenters. The number of anilines is 1. The lowest BCUT2D eigenvalue weighted by molar-refractivity contribution is 0.0791. The number of rotatable bonds is 6. The number of hydrogen-bond acceptors (Lipinski definition) is 5. The average molecular weight is 385 g/mol. The number of carbonyl (C=O) groups is 2. The molecule has 0 radical (unpaired) electrons. The van der Waals surface area contributed by atoms with Gasteiger partial charge in [-0.3, -0.25) is 19.6 Å². The Labute approximate surface area is 168 Å². The third-order valence-electron chi connectivity index (χ3n) is 4.32. The second-order valence-electron chi connectivity index (χ2n) is 6.41. The Hall–Kier alpha value is -4.05. The first kappa shape index (κ1) is 19.7. The first-order valence-corrected chi connectivity index (χ1v) is 8.99. The van der Waals surface area contributed by atoms with E-state index in [1.54, 1.807) is 48.6 Å². The zero-order valence-electron chi connectivity index (χ0n) is 15.9. The van der Waals surface area contributed by atoms with Crippen molar-refractivity contribution in [3.05, 3.63) is 89.5 Å². The summed E-state index contributed by atoms with van der Waals surface area (Å²) in [4.78, 5) is 34.8. The molecule has 0 saturated heterocycles. The molecule has 0 aliphatic heterocycles. The molecule has 0 atom stereocenters. The smallest absolute Gasteiger partial charge is 0.272 e. The topological polar surface area (TPSA) is 99.0 Å². The molecule has 7 nitrogen and oxygen atoms in total. The van der Waals surface area contributed by atoms with Crippen LogP contribution in [0.15, 0.2) is 67.1 Å². The summed E-state index contributed by atoms with van der Waals surface area (Å²) >= 11 is 0. The van der Waals surface area contributed by atoms with Crippen LogP contribution in [-0.4, -0.2) is 40.3 Å². The molecule has 0 aliphatic carbocycles. The molecule has 2 aromatic heterocycles. The van der Waals surface area contributed by atoms with Gasteiger partial charge in [-0.2, -0.15) is 5.26 Å². The van der Waals surface area contributed by atoms with Crippen LogP contribution in [0.5, 0.6) is 0 Å². The molecule has 3 aromatic rings. The van der Waals surface area contributed by atoms with Crippen molar-refractivity contribution in [2.75, 3.05) is 18.9 Å². The molecule has 0 bridgehead atoms. The van der Waals surface area contributed by atoms with E-state index < -0.39 is 0 Å². The highest BCUT2D eigenvalue weighted by Gasteiger charge is 2.16. The van der Waals surface area contributed by atoms with Gasteiger partial charge in [0.2, 0.25) is 0 Å². The minimum Gasteiger partial charge on any atom is -0.340 e. The summed E-state index contributed by atoms with van der Waals surface area (Å²) in [5.41, 5.74) is 2.55. The van der Waals surface area contributed by atoms with E-state index in [-0.39, 0.29) is 17.5 Å². The van der Waals surface area contributed by atoms with E-state index >= 15 is 0 Å². The van der Waals surface area contributed by atoms with Crippen LogP contribution in [0.3, 0.4) is 0 Å². The zero-order chi connectivity index (χ0) is 20.6. The number of benzene rings is 1. The summed E-state index contributed by atoms with van der Waals surface area (Å²) in [7, 11) is 1.70. The maximum Gasteiger partial charge on any atom is 0.272 e. The van der Waals surface area contributed by atoms with Crippen molar-refractivity contribution in [1.82, 2.24) is 14.9 Å². The first-order valence-electron chi connectivity index (χ1n) is 8.99. The molecule has 7 heteroatoms. The van der Waals surface area contributed by atoms with Gasteiger partial charge in [0, 0.05) is 43.4 Å². The molecule has 2 amide bonds. The number of nitrogens with one attached hydrogen (secondary N) is 1. The molecule has 0 aliphatic rings. The van der Waals surface area contributed by atoms with Crippen molar-refractivity contribution in [1.29, 1.82) is 5.26 Å². The van der Waals surface area contributed by atoms with Crippen LogP contribution in [0.25, 0.3) is 0 Å². The molecule has 144 valence electrons. The van der Waals surface area contributed by atoms with Crippen LogP contribution in [0.2, 0.25) is 0 Å². The van der Waals surface area contributed by atoms with Gasteiger partial charge >= 0.3 is 0 Å². The lowest BCUT2D eigenvalue weighted by Crippen LogP contribution is -2.29. The maximum absolute atomic E-state index is 12.7. The Morgan fingerprint density at radius 1 is 1.10 bits per heavy atom. The second-order valence-corrected chi connectivity index (χ2v) is 6.41. The van der Waals surface area contributed by atoms with Gasteiger partial charge in [0.25, 0.3) is 11.8 Å². The Morgan fingerprint density at radius 3 is 2.66 bits per heavy atom. The molecule has 29 heavy (non-hydrogen) atoms. The quantitative estimate of drug-likeness (QED) is 0.703. The lowest BCUT2D eigenvalue weighted by atomic mass is 10.1. The number of nitrogens with zero attached hydrogens (tertiary/aromatic N) is 4. The largest absolute Gasteiger partial charge is 0.340 e. The second kappa shape index (κ2) is 9.24. The molecule has 0 saturated carbocycles. The number of carbonyl (C=O) groups excluding carboxylic acids is 2. The minimum absolute atomic E-state index is 0.195. The molecule has 0 fully saturated rings. The average Bonchev–Trinajstić information content (AvgIpc) is 2.77. The van der Waals surface area contributed by atoms with Gasteiger partial charge in [-0.25, -0.2) is 0 Å². The van der Waals surface area contributed by atoms with Crippen LogP contribution in [0.1, 0.15) is 32.0 Å². The van der Waals surface area contributed by atoms with Gasteiger partial charge in [0.15, 0.2) is 0 Å². The van der Waals surface area contributed by atoms with E-state index in [2.05, 4.69) is 15.3 Å². The van der Waals surface area contributed by atoms with Crippen molar-refractivity contribution in [3.63, 3.8) is 0 Å². The summed E-state index contributed by atoms with van der Waals surface area (Å²) in [6.45, 7) is 0.516. The highest BCUT2D eigenvalue weighted by Crippen LogP contribution is 2.13. The number of amides is 2. The van der Waals surface area contributed by atoms with Crippen molar-refractivity contribution in [2.24, 2.45) is 0 Å². The molecule has 0 spiro atoms. The number of nitriles is 1. The van der Waals surface area contributed by atoms with E-state index in [1.165, 1.54) is 18.3 Å². The number of hydrogen-bond donors (Lipinski definition) is 1. The van der Waals surface area contributed by atoms with E-state index in [9.17, 15) is 9.59 Å². The minimum atomic E-state index is -0.379. The number of likely N-dealkylation sites (N-methyl/N-ethyl adjacent to an activating group) is 1. The summed E-state index contributed by atoms with van der Waals surface area (Å²) in [5.74, 6) is -0.642. The first-order chi connectivity index (χ1) is 14.1. The van der Waals surface area contributed by atoms with Gasteiger partial charge in [-0.15, -0.1) is 0 Å². The van der Waals surface area contributed by atoms with E-state index in [0.717, 1.165) is 5.56 Å².